The second-order valence-electron chi connectivity index (χ2n) is 7.63. The van der Waals surface area contributed by atoms with Crippen LogP contribution in [0.4, 0.5) is 10.5 Å². The minimum Gasteiger partial charge on any atom is -0.370 e. The van der Waals surface area contributed by atoms with Gasteiger partial charge in [0.1, 0.15) is 0 Å². The summed E-state index contributed by atoms with van der Waals surface area (Å²) in [5.74, 6) is 2.41. The summed E-state index contributed by atoms with van der Waals surface area (Å²) in [5, 5.41) is 3.13. The van der Waals surface area contributed by atoms with Crippen molar-refractivity contribution in [3.63, 3.8) is 0 Å². The summed E-state index contributed by atoms with van der Waals surface area (Å²) in [6, 6.07) is 17.3. The van der Waals surface area contributed by atoms with Crippen LogP contribution in [0.2, 0.25) is 0 Å². The third-order valence-electron chi connectivity index (χ3n) is 5.82. The normalized spacial score (nSPS) is 19.7. The molecule has 4 nitrogen and oxygen atoms in total. The molecule has 0 bridgehead atoms. The van der Waals surface area contributed by atoms with Crippen molar-refractivity contribution >= 4 is 23.5 Å². The SMILES string of the molecule is Cc1ccccc1C1CCCN1C(=O)NCc1ccc(N2CCSCC2)cc1. The van der Waals surface area contributed by atoms with Crippen LogP contribution in [0.15, 0.2) is 48.5 Å². The third-order valence-corrected chi connectivity index (χ3v) is 6.76. The van der Waals surface area contributed by atoms with Gasteiger partial charge in [0, 0.05) is 43.4 Å². The fourth-order valence-electron chi connectivity index (χ4n) is 4.22. The van der Waals surface area contributed by atoms with Gasteiger partial charge in [0.05, 0.1) is 6.04 Å². The number of thioether (sulfide) groups is 1. The molecule has 5 heteroatoms. The molecule has 2 heterocycles. The average Bonchev–Trinajstić information content (AvgIpc) is 3.23. The van der Waals surface area contributed by atoms with Gasteiger partial charge in [-0.25, -0.2) is 4.79 Å². The number of nitrogens with one attached hydrogen (secondary N) is 1. The summed E-state index contributed by atoms with van der Waals surface area (Å²) in [7, 11) is 0. The third kappa shape index (κ3) is 4.30. The molecule has 4 rings (SSSR count). The Hall–Kier alpha value is -2.14. The van der Waals surface area contributed by atoms with Crippen molar-refractivity contribution in [1.29, 1.82) is 0 Å². The number of likely N-dealkylation sites (tertiary alicyclic amines) is 1. The predicted molar refractivity (Wildman–Crippen MR) is 118 cm³/mol. The van der Waals surface area contributed by atoms with Crippen LogP contribution in [-0.4, -0.2) is 42.1 Å². The molecule has 0 radical (unpaired) electrons. The van der Waals surface area contributed by atoms with E-state index in [1.165, 1.54) is 28.3 Å². The van der Waals surface area contributed by atoms with E-state index >= 15 is 0 Å². The highest BCUT2D eigenvalue weighted by Crippen LogP contribution is 2.33. The highest BCUT2D eigenvalue weighted by atomic mass is 32.2. The molecule has 2 aliphatic heterocycles. The van der Waals surface area contributed by atoms with Crippen molar-refractivity contribution in [1.82, 2.24) is 10.2 Å². The van der Waals surface area contributed by atoms with E-state index < -0.39 is 0 Å². The summed E-state index contributed by atoms with van der Waals surface area (Å²) in [6.07, 6.45) is 2.11. The summed E-state index contributed by atoms with van der Waals surface area (Å²) >= 11 is 2.03. The number of rotatable bonds is 4. The Morgan fingerprint density at radius 3 is 2.57 bits per heavy atom. The number of anilines is 1. The molecule has 28 heavy (non-hydrogen) atoms. The number of carbonyl (C=O) groups excluding carboxylic acids is 1. The molecule has 148 valence electrons. The first-order valence-corrected chi connectivity index (χ1v) is 11.4. The summed E-state index contributed by atoms with van der Waals surface area (Å²) in [5.41, 5.74) is 4.97. The minimum absolute atomic E-state index is 0.0443. The van der Waals surface area contributed by atoms with Gasteiger partial charge in [-0.3, -0.25) is 0 Å². The molecule has 2 aliphatic rings. The first-order chi connectivity index (χ1) is 13.7. The summed E-state index contributed by atoms with van der Waals surface area (Å²) in [4.78, 5) is 17.3. The van der Waals surface area contributed by atoms with E-state index in [0.29, 0.717) is 6.54 Å². The molecule has 1 N–H and O–H groups in total. The second kappa shape index (κ2) is 8.91. The van der Waals surface area contributed by atoms with E-state index in [4.69, 9.17) is 0 Å². The van der Waals surface area contributed by atoms with Crippen molar-refractivity contribution in [2.24, 2.45) is 0 Å². The number of hydrogen-bond donors (Lipinski definition) is 1. The molecule has 2 fully saturated rings. The Bertz CT molecular complexity index is 802. The van der Waals surface area contributed by atoms with Crippen LogP contribution in [0.1, 0.15) is 35.6 Å². The lowest BCUT2D eigenvalue weighted by Crippen LogP contribution is -2.39. The maximum Gasteiger partial charge on any atom is 0.318 e. The molecule has 2 amide bonds. The number of aryl methyl sites for hydroxylation is 1. The predicted octanol–water partition coefficient (Wildman–Crippen LogP) is 4.59. The molecular formula is C23H29N3OS. The van der Waals surface area contributed by atoms with E-state index in [9.17, 15) is 4.79 Å². The maximum atomic E-state index is 12.8. The molecular weight excluding hydrogens is 366 g/mol. The van der Waals surface area contributed by atoms with Gasteiger partial charge in [0.2, 0.25) is 0 Å². The summed E-state index contributed by atoms with van der Waals surface area (Å²) < 4.78 is 0. The van der Waals surface area contributed by atoms with Crippen LogP contribution in [0, 0.1) is 6.92 Å². The van der Waals surface area contributed by atoms with E-state index in [1.54, 1.807) is 0 Å². The number of urea groups is 1. The van der Waals surface area contributed by atoms with E-state index in [2.05, 4.69) is 65.7 Å². The average molecular weight is 396 g/mol. The van der Waals surface area contributed by atoms with Crippen molar-refractivity contribution in [2.45, 2.75) is 32.4 Å². The van der Waals surface area contributed by atoms with Gasteiger partial charge in [-0.1, -0.05) is 36.4 Å². The van der Waals surface area contributed by atoms with Gasteiger partial charge in [-0.05, 0) is 48.6 Å². The lowest BCUT2D eigenvalue weighted by Gasteiger charge is -2.28. The monoisotopic (exact) mass is 395 g/mol. The van der Waals surface area contributed by atoms with Gasteiger partial charge < -0.3 is 15.1 Å². The standard InChI is InChI=1S/C23H29N3OS/c1-18-5-2-3-6-21(18)22-7-4-12-26(22)23(27)24-17-19-8-10-20(11-9-19)25-13-15-28-16-14-25/h2-3,5-6,8-11,22H,4,7,12-17H2,1H3,(H,24,27). The highest BCUT2D eigenvalue weighted by molar-refractivity contribution is 7.99. The summed E-state index contributed by atoms with van der Waals surface area (Å²) in [6.45, 7) is 5.78. The zero-order chi connectivity index (χ0) is 19.3. The van der Waals surface area contributed by atoms with Gasteiger partial charge in [-0.2, -0.15) is 11.8 Å². The Morgan fingerprint density at radius 1 is 1.07 bits per heavy atom. The Balaban J connectivity index is 1.35. The van der Waals surface area contributed by atoms with Crippen molar-refractivity contribution in [3.8, 4) is 0 Å². The Kier molecular flexibility index (Phi) is 6.10. The number of amides is 2. The smallest absolute Gasteiger partial charge is 0.318 e. The molecule has 1 unspecified atom stereocenters. The largest absolute Gasteiger partial charge is 0.370 e. The lowest BCUT2D eigenvalue weighted by atomic mass is 9.99. The Morgan fingerprint density at radius 2 is 1.82 bits per heavy atom. The highest BCUT2D eigenvalue weighted by Gasteiger charge is 2.30. The van der Waals surface area contributed by atoms with E-state index in [0.717, 1.165) is 38.0 Å². The first-order valence-electron chi connectivity index (χ1n) is 10.2. The van der Waals surface area contributed by atoms with Crippen LogP contribution in [-0.2, 0) is 6.54 Å². The first kappa shape index (κ1) is 19.2. The molecule has 2 saturated heterocycles. The van der Waals surface area contributed by atoms with Gasteiger partial charge in [0.15, 0.2) is 0 Å². The van der Waals surface area contributed by atoms with Crippen molar-refractivity contribution < 1.29 is 4.79 Å². The minimum atomic E-state index is 0.0443. The van der Waals surface area contributed by atoms with Crippen molar-refractivity contribution in [3.05, 3.63) is 65.2 Å². The zero-order valence-corrected chi connectivity index (χ0v) is 17.4. The number of carbonyl (C=O) groups is 1. The quantitative estimate of drug-likeness (QED) is 0.822. The molecule has 0 spiro atoms. The number of hydrogen-bond acceptors (Lipinski definition) is 3. The topological polar surface area (TPSA) is 35.6 Å². The van der Waals surface area contributed by atoms with Crippen LogP contribution >= 0.6 is 11.8 Å². The van der Waals surface area contributed by atoms with Gasteiger partial charge in [0.25, 0.3) is 0 Å². The van der Waals surface area contributed by atoms with E-state index in [1.807, 2.05) is 16.7 Å². The fourth-order valence-corrected chi connectivity index (χ4v) is 5.12. The number of nitrogens with zero attached hydrogens (tertiary/aromatic N) is 2. The zero-order valence-electron chi connectivity index (χ0n) is 16.6. The second-order valence-corrected chi connectivity index (χ2v) is 8.86. The van der Waals surface area contributed by atoms with Gasteiger partial charge >= 0.3 is 6.03 Å². The molecule has 0 aliphatic carbocycles. The van der Waals surface area contributed by atoms with E-state index in [-0.39, 0.29) is 12.1 Å². The Labute approximate surface area is 172 Å². The van der Waals surface area contributed by atoms with Crippen LogP contribution < -0.4 is 10.2 Å². The lowest BCUT2D eigenvalue weighted by molar-refractivity contribution is 0.192. The molecule has 2 aromatic carbocycles. The molecule has 2 aromatic rings. The molecule has 1 atom stereocenters. The molecule has 0 saturated carbocycles. The van der Waals surface area contributed by atoms with Crippen LogP contribution in [0.25, 0.3) is 0 Å². The van der Waals surface area contributed by atoms with Crippen molar-refractivity contribution in [2.75, 3.05) is 36.0 Å². The molecule has 0 aromatic heterocycles. The van der Waals surface area contributed by atoms with Gasteiger partial charge in [-0.15, -0.1) is 0 Å². The van der Waals surface area contributed by atoms with Crippen LogP contribution in [0.5, 0.6) is 0 Å². The van der Waals surface area contributed by atoms with Crippen LogP contribution in [0.3, 0.4) is 0 Å². The number of benzene rings is 2. The fraction of sp³-hybridized carbons (Fsp3) is 0.435. The maximum absolute atomic E-state index is 12.8.